The molecule has 1 aromatic carbocycles. The van der Waals surface area contributed by atoms with Crippen LogP contribution in [0.2, 0.25) is 0 Å². The van der Waals surface area contributed by atoms with Crippen LogP contribution in [0.5, 0.6) is 11.5 Å². The molecule has 1 saturated heterocycles. The van der Waals surface area contributed by atoms with Gasteiger partial charge in [-0.25, -0.2) is 4.98 Å². The quantitative estimate of drug-likeness (QED) is 0.940. The minimum absolute atomic E-state index is 0.291. The zero-order valence-electron chi connectivity index (χ0n) is 11.8. The number of pyridine rings is 1. The SMILES string of the molecule is c1cc2cc3c(cc2c(NCC2CCCO2)n1)OCCO3. The van der Waals surface area contributed by atoms with Crippen LogP contribution in [0.4, 0.5) is 5.82 Å². The summed E-state index contributed by atoms with van der Waals surface area (Å²) in [6.07, 6.45) is 4.37. The van der Waals surface area contributed by atoms with Crippen molar-refractivity contribution in [1.82, 2.24) is 4.98 Å². The molecule has 2 aliphatic rings. The van der Waals surface area contributed by atoms with Gasteiger partial charge in [0.05, 0.1) is 6.10 Å². The van der Waals surface area contributed by atoms with Gasteiger partial charge in [0.1, 0.15) is 19.0 Å². The third kappa shape index (κ3) is 2.49. The zero-order chi connectivity index (χ0) is 14.1. The van der Waals surface area contributed by atoms with Crippen LogP contribution in [0.25, 0.3) is 10.8 Å². The first kappa shape index (κ1) is 12.7. The first-order chi connectivity index (χ1) is 10.4. The first-order valence-corrected chi connectivity index (χ1v) is 7.44. The second kappa shape index (κ2) is 5.41. The molecule has 3 heterocycles. The number of ether oxygens (including phenoxy) is 3. The number of benzene rings is 1. The maximum atomic E-state index is 5.66. The lowest BCUT2D eigenvalue weighted by Crippen LogP contribution is -2.19. The lowest BCUT2D eigenvalue weighted by molar-refractivity contribution is 0.120. The molecule has 0 spiro atoms. The van der Waals surface area contributed by atoms with E-state index in [0.29, 0.717) is 19.3 Å². The van der Waals surface area contributed by atoms with Crippen LogP contribution in [-0.2, 0) is 4.74 Å². The Morgan fingerprint density at radius 3 is 2.81 bits per heavy atom. The smallest absolute Gasteiger partial charge is 0.162 e. The van der Waals surface area contributed by atoms with Crippen molar-refractivity contribution in [3.63, 3.8) is 0 Å². The highest BCUT2D eigenvalue weighted by Crippen LogP contribution is 2.36. The van der Waals surface area contributed by atoms with E-state index in [9.17, 15) is 0 Å². The van der Waals surface area contributed by atoms with Crippen molar-refractivity contribution >= 4 is 16.6 Å². The molecular formula is C16H18N2O3. The van der Waals surface area contributed by atoms with Gasteiger partial charge in [-0.1, -0.05) is 0 Å². The molecule has 0 amide bonds. The van der Waals surface area contributed by atoms with Crippen LogP contribution in [0.3, 0.4) is 0 Å². The Labute approximate surface area is 123 Å². The molecule has 2 aliphatic heterocycles. The molecule has 0 radical (unpaired) electrons. The van der Waals surface area contributed by atoms with Crippen LogP contribution in [0.15, 0.2) is 24.4 Å². The molecule has 4 rings (SSSR count). The standard InChI is InChI=1S/C16H18N2O3/c1-2-12(19-5-1)10-18-16-13-9-15-14(20-6-7-21-15)8-11(13)3-4-17-16/h3-4,8-9,12H,1-2,5-7,10H2,(H,17,18). The third-order valence-corrected chi connectivity index (χ3v) is 3.95. The molecule has 1 fully saturated rings. The Kier molecular flexibility index (Phi) is 3.27. The van der Waals surface area contributed by atoms with Gasteiger partial charge >= 0.3 is 0 Å². The van der Waals surface area contributed by atoms with E-state index < -0.39 is 0 Å². The van der Waals surface area contributed by atoms with Gasteiger partial charge in [0.2, 0.25) is 0 Å². The van der Waals surface area contributed by atoms with Crippen LogP contribution < -0.4 is 14.8 Å². The summed E-state index contributed by atoms with van der Waals surface area (Å²) >= 11 is 0. The molecule has 1 aromatic heterocycles. The Morgan fingerprint density at radius 2 is 2.00 bits per heavy atom. The van der Waals surface area contributed by atoms with E-state index in [0.717, 1.165) is 54.1 Å². The highest BCUT2D eigenvalue weighted by molar-refractivity contribution is 5.94. The number of nitrogens with zero attached hydrogens (tertiary/aromatic N) is 1. The monoisotopic (exact) mass is 286 g/mol. The maximum absolute atomic E-state index is 5.66. The zero-order valence-corrected chi connectivity index (χ0v) is 11.8. The summed E-state index contributed by atoms with van der Waals surface area (Å²) in [6.45, 7) is 2.86. The van der Waals surface area contributed by atoms with Gasteiger partial charge in [0.25, 0.3) is 0 Å². The number of hydrogen-bond donors (Lipinski definition) is 1. The topological polar surface area (TPSA) is 52.6 Å². The number of rotatable bonds is 3. The number of nitrogens with one attached hydrogen (secondary N) is 1. The van der Waals surface area contributed by atoms with Crippen LogP contribution >= 0.6 is 0 Å². The summed E-state index contributed by atoms with van der Waals surface area (Å²) in [5.41, 5.74) is 0. The summed E-state index contributed by atoms with van der Waals surface area (Å²) < 4.78 is 16.9. The molecule has 0 aliphatic carbocycles. The van der Waals surface area contributed by atoms with E-state index in [1.54, 1.807) is 0 Å². The maximum Gasteiger partial charge on any atom is 0.162 e. The van der Waals surface area contributed by atoms with Gasteiger partial charge < -0.3 is 19.5 Å². The molecule has 110 valence electrons. The van der Waals surface area contributed by atoms with Crippen LogP contribution in [0.1, 0.15) is 12.8 Å². The predicted octanol–water partition coefficient (Wildman–Crippen LogP) is 2.60. The highest BCUT2D eigenvalue weighted by atomic mass is 16.6. The Bertz CT molecular complexity index is 653. The minimum atomic E-state index is 0.291. The van der Waals surface area contributed by atoms with Gasteiger partial charge in [-0.15, -0.1) is 0 Å². The summed E-state index contributed by atoms with van der Waals surface area (Å²) in [7, 11) is 0. The average molecular weight is 286 g/mol. The molecule has 5 nitrogen and oxygen atoms in total. The van der Waals surface area contributed by atoms with Crippen molar-refractivity contribution in [2.24, 2.45) is 0 Å². The second-order valence-corrected chi connectivity index (χ2v) is 5.39. The Balaban J connectivity index is 1.64. The van der Waals surface area contributed by atoms with Crippen LogP contribution in [-0.4, -0.2) is 37.5 Å². The van der Waals surface area contributed by atoms with Gasteiger partial charge in [-0.05, 0) is 36.4 Å². The molecule has 1 unspecified atom stereocenters. The molecule has 5 heteroatoms. The van der Waals surface area contributed by atoms with Gasteiger partial charge in [0, 0.05) is 24.7 Å². The lowest BCUT2D eigenvalue weighted by atomic mass is 10.1. The Morgan fingerprint density at radius 1 is 1.14 bits per heavy atom. The van der Waals surface area contributed by atoms with Crippen molar-refractivity contribution in [3.05, 3.63) is 24.4 Å². The molecular weight excluding hydrogens is 268 g/mol. The fraction of sp³-hybridized carbons (Fsp3) is 0.438. The van der Waals surface area contributed by atoms with Crippen molar-refractivity contribution in [2.45, 2.75) is 18.9 Å². The largest absolute Gasteiger partial charge is 0.486 e. The van der Waals surface area contributed by atoms with E-state index in [4.69, 9.17) is 14.2 Å². The fourth-order valence-corrected chi connectivity index (χ4v) is 2.87. The van der Waals surface area contributed by atoms with Crippen molar-refractivity contribution in [1.29, 1.82) is 0 Å². The molecule has 0 saturated carbocycles. The number of anilines is 1. The van der Waals surface area contributed by atoms with Gasteiger partial charge in [-0.2, -0.15) is 0 Å². The molecule has 2 aromatic rings. The summed E-state index contributed by atoms with van der Waals surface area (Å²) in [4.78, 5) is 4.45. The predicted molar refractivity (Wildman–Crippen MR) is 80.2 cm³/mol. The lowest BCUT2D eigenvalue weighted by Gasteiger charge is -2.20. The van der Waals surface area contributed by atoms with Crippen LogP contribution in [0, 0.1) is 0 Å². The van der Waals surface area contributed by atoms with E-state index in [1.807, 2.05) is 24.4 Å². The summed E-state index contributed by atoms with van der Waals surface area (Å²) in [5, 5.41) is 5.56. The molecule has 0 bridgehead atoms. The van der Waals surface area contributed by atoms with E-state index in [-0.39, 0.29) is 0 Å². The number of hydrogen-bond acceptors (Lipinski definition) is 5. The number of aromatic nitrogens is 1. The summed E-state index contributed by atoms with van der Waals surface area (Å²) in [6, 6.07) is 6.02. The third-order valence-electron chi connectivity index (χ3n) is 3.95. The van der Waals surface area contributed by atoms with E-state index in [1.165, 1.54) is 0 Å². The molecule has 1 N–H and O–H groups in total. The van der Waals surface area contributed by atoms with E-state index in [2.05, 4.69) is 10.3 Å². The highest BCUT2D eigenvalue weighted by Gasteiger charge is 2.17. The average Bonchev–Trinajstić information content (AvgIpc) is 3.04. The fourth-order valence-electron chi connectivity index (χ4n) is 2.87. The first-order valence-electron chi connectivity index (χ1n) is 7.44. The second-order valence-electron chi connectivity index (χ2n) is 5.39. The summed E-state index contributed by atoms with van der Waals surface area (Å²) in [5.74, 6) is 2.48. The molecule has 1 atom stereocenters. The molecule has 21 heavy (non-hydrogen) atoms. The van der Waals surface area contributed by atoms with Gasteiger partial charge in [0.15, 0.2) is 11.5 Å². The van der Waals surface area contributed by atoms with Gasteiger partial charge in [-0.3, -0.25) is 0 Å². The number of fused-ring (bicyclic) bond motifs is 2. The van der Waals surface area contributed by atoms with E-state index >= 15 is 0 Å². The van der Waals surface area contributed by atoms with Crippen molar-refractivity contribution in [3.8, 4) is 11.5 Å². The van der Waals surface area contributed by atoms with Crippen molar-refractivity contribution in [2.75, 3.05) is 31.7 Å². The minimum Gasteiger partial charge on any atom is -0.486 e. The normalized spacial score (nSPS) is 20.7. The van der Waals surface area contributed by atoms with Crippen molar-refractivity contribution < 1.29 is 14.2 Å². The Hall–Kier alpha value is -2.01.